The molecule has 1 aromatic heterocycles. The summed E-state index contributed by atoms with van der Waals surface area (Å²) in [5.41, 5.74) is 0.578. The van der Waals surface area contributed by atoms with Crippen molar-refractivity contribution in [1.29, 1.82) is 0 Å². The second-order valence-electron chi connectivity index (χ2n) is 3.62. The number of rotatable bonds is 4. The number of aryl methyl sites for hydroxylation is 1. The summed E-state index contributed by atoms with van der Waals surface area (Å²) in [5, 5.41) is 20.2. The highest BCUT2D eigenvalue weighted by atomic mass is 79.9. The summed E-state index contributed by atoms with van der Waals surface area (Å²) < 4.78 is 2.06. The van der Waals surface area contributed by atoms with Gasteiger partial charge in [0.1, 0.15) is 4.64 Å². The Bertz CT molecular complexity index is 658. The van der Waals surface area contributed by atoms with Crippen LogP contribution < -0.4 is 0 Å². The first-order valence-corrected chi connectivity index (χ1v) is 6.74. The van der Waals surface area contributed by atoms with Crippen LogP contribution in [0.2, 0.25) is 0 Å². The molecule has 0 aliphatic rings. The van der Waals surface area contributed by atoms with Crippen molar-refractivity contribution >= 4 is 44.7 Å². The number of nitrogens with zero attached hydrogens (tertiary/aromatic N) is 4. The number of nitro groups is 1. The minimum Gasteiger partial charge on any atom is -0.258 e. The molecule has 0 N–H and O–H groups in total. The molecule has 0 aliphatic carbocycles. The van der Waals surface area contributed by atoms with Gasteiger partial charge in [0.15, 0.2) is 0 Å². The van der Waals surface area contributed by atoms with Gasteiger partial charge in [-0.25, -0.2) is 4.68 Å². The van der Waals surface area contributed by atoms with Crippen molar-refractivity contribution in [2.45, 2.75) is 13.0 Å². The second-order valence-corrected chi connectivity index (χ2v) is 4.80. The molecule has 1 heterocycles. The first-order valence-electron chi connectivity index (χ1n) is 5.21. The minimum atomic E-state index is -0.447. The molecular weight excluding hydrogens is 320 g/mol. The van der Waals surface area contributed by atoms with Crippen molar-refractivity contribution in [1.82, 2.24) is 15.0 Å². The van der Waals surface area contributed by atoms with E-state index in [2.05, 4.69) is 26.2 Å². The molecule has 94 valence electrons. The van der Waals surface area contributed by atoms with Gasteiger partial charge in [-0.15, -0.1) is 5.10 Å². The van der Waals surface area contributed by atoms with Crippen LogP contribution in [0.25, 0.3) is 10.9 Å². The van der Waals surface area contributed by atoms with E-state index in [-0.39, 0.29) is 5.69 Å². The van der Waals surface area contributed by atoms with Gasteiger partial charge >= 0.3 is 0 Å². The molecule has 0 bridgehead atoms. The summed E-state index contributed by atoms with van der Waals surface area (Å²) in [6.45, 7) is 0.635. The average molecular weight is 329 g/mol. The lowest BCUT2D eigenvalue weighted by atomic mass is 10.2. The van der Waals surface area contributed by atoms with Crippen molar-refractivity contribution in [2.24, 2.45) is 0 Å². The lowest BCUT2D eigenvalue weighted by Gasteiger charge is -2.05. The van der Waals surface area contributed by atoms with Crippen LogP contribution in [0.15, 0.2) is 18.2 Å². The van der Waals surface area contributed by atoms with Crippen LogP contribution in [0.4, 0.5) is 5.69 Å². The molecule has 8 heteroatoms. The molecule has 0 unspecified atom stereocenters. The molecular formula is C10H9BrN4O2S. The molecule has 0 radical (unpaired) electrons. The van der Waals surface area contributed by atoms with Crippen LogP contribution in [0.3, 0.4) is 0 Å². The van der Waals surface area contributed by atoms with Crippen molar-refractivity contribution < 1.29 is 4.92 Å². The summed E-state index contributed by atoms with van der Waals surface area (Å²) in [4.78, 5) is 10.3. The van der Waals surface area contributed by atoms with Crippen LogP contribution in [0.5, 0.6) is 0 Å². The fourth-order valence-corrected chi connectivity index (χ4v) is 2.08. The number of alkyl halides is 1. The first-order chi connectivity index (χ1) is 8.63. The van der Waals surface area contributed by atoms with Gasteiger partial charge in [0.05, 0.1) is 10.4 Å². The van der Waals surface area contributed by atoms with Crippen LogP contribution in [-0.2, 0) is 6.54 Å². The number of hydrogen-bond donors (Lipinski definition) is 0. The van der Waals surface area contributed by atoms with E-state index in [0.717, 1.165) is 11.8 Å². The molecule has 18 heavy (non-hydrogen) atoms. The largest absolute Gasteiger partial charge is 0.270 e. The zero-order chi connectivity index (χ0) is 13.1. The normalized spacial score (nSPS) is 10.7. The topological polar surface area (TPSA) is 73.8 Å². The van der Waals surface area contributed by atoms with Crippen molar-refractivity contribution in [2.75, 3.05) is 5.33 Å². The van der Waals surface area contributed by atoms with Crippen molar-refractivity contribution in [3.63, 3.8) is 0 Å². The number of aromatic nitrogens is 3. The Morgan fingerprint density at radius 1 is 1.50 bits per heavy atom. The van der Waals surface area contributed by atoms with Gasteiger partial charge in [0, 0.05) is 29.4 Å². The lowest BCUT2D eigenvalue weighted by Crippen LogP contribution is -2.08. The standard InChI is InChI=1S/C10H9BrN4O2S/c11-4-1-5-14-10(18)8-6-7(15(16)17)2-3-9(8)12-13-14/h2-3,6H,1,4-5H2. The van der Waals surface area contributed by atoms with Crippen molar-refractivity contribution in [3.05, 3.63) is 33.0 Å². The molecule has 0 amide bonds. The zero-order valence-electron chi connectivity index (χ0n) is 9.24. The molecule has 2 aromatic rings. The van der Waals surface area contributed by atoms with Gasteiger partial charge in [-0.1, -0.05) is 33.4 Å². The predicted molar refractivity (Wildman–Crippen MR) is 73.4 cm³/mol. The average Bonchev–Trinajstić information content (AvgIpc) is 2.37. The van der Waals surface area contributed by atoms with E-state index in [0.29, 0.717) is 22.1 Å². The highest BCUT2D eigenvalue weighted by molar-refractivity contribution is 9.09. The third-order valence-electron chi connectivity index (χ3n) is 2.42. The zero-order valence-corrected chi connectivity index (χ0v) is 11.6. The van der Waals surface area contributed by atoms with Crippen molar-refractivity contribution in [3.8, 4) is 0 Å². The molecule has 0 saturated carbocycles. The fourth-order valence-electron chi connectivity index (χ4n) is 1.53. The van der Waals surface area contributed by atoms with Crippen LogP contribution >= 0.6 is 28.1 Å². The number of nitro benzene ring substituents is 1. The molecule has 2 rings (SSSR count). The maximum Gasteiger partial charge on any atom is 0.270 e. The lowest BCUT2D eigenvalue weighted by molar-refractivity contribution is -0.384. The molecule has 0 aliphatic heterocycles. The Labute approximate surface area is 116 Å². The molecule has 6 nitrogen and oxygen atoms in total. The molecule has 0 saturated heterocycles. The third-order valence-corrected chi connectivity index (χ3v) is 3.41. The van der Waals surface area contributed by atoms with E-state index in [1.807, 2.05) is 0 Å². The van der Waals surface area contributed by atoms with E-state index in [1.54, 1.807) is 10.7 Å². The summed E-state index contributed by atoms with van der Waals surface area (Å²) in [7, 11) is 0. The number of hydrogen-bond acceptors (Lipinski definition) is 5. The number of non-ortho nitro benzene ring substituents is 1. The van der Waals surface area contributed by atoms with Crippen LogP contribution in [0, 0.1) is 14.8 Å². The van der Waals surface area contributed by atoms with E-state index >= 15 is 0 Å². The quantitative estimate of drug-likeness (QED) is 0.373. The summed E-state index contributed by atoms with van der Waals surface area (Å²) in [5.74, 6) is 0. The van der Waals surface area contributed by atoms with E-state index in [4.69, 9.17) is 12.2 Å². The van der Waals surface area contributed by atoms with E-state index in [9.17, 15) is 10.1 Å². The maximum absolute atomic E-state index is 10.7. The smallest absolute Gasteiger partial charge is 0.258 e. The SMILES string of the molecule is O=[N+]([O-])c1ccc2nnn(CCCBr)c(=S)c2c1. The highest BCUT2D eigenvalue weighted by Gasteiger charge is 2.09. The Morgan fingerprint density at radius 3 is 2.94 bits per heavy atom. The van der Waals surface area contributed by atoms with Crippen LogP contribution in [-0.4, -0.2) is 25.2 Å². The predicted octanol–water partition coefficient (Wildman–Crippen LogP) is 2.85. The third kappa shape index (κ3) is 2.54. The number of fused-ring (bicyclic) bond motifs is 1. The van der Waals surface area contributed by atoms with E-state index in [1.165, 1.54) is 12.1 Å². The molecule has 0 atom stereocenters. The Kier molecular flexibility index (Phi) is 3.97. The fraction of sp³-hybridized carbons (Fsp3) is 0.300. The summed E-state index contributed by atoms with van der Waals surface area (Å²) in [6, 6.07) is 4.40. The van der Waals surface area contributed by atoms with Gasteiger partial charge in [-0.2, -0.15) is 0 Å². The van der Waals surface area contributed by atoms with Gasteiger partial charge in [-0.3, -0.25) is 10.1 Å². The Hall–Kier alpha value is -1.41. The number of benzene rings is 1. The monoisotopic (exact) mass is 328 g/mol. The highest BCUT2D eigenvalue weighted by Crippen LogP contribution is 2.19. The van der Waals surface area contributed by atoms with Gasteiger partial charge < -0.3 is 0 Å². The van der Waals surface area contributed by atoms with Gasteiger partial charge in [0.2, 0.25) is 0 Å². The minimum absolute atomic E-state index is 0.00800. The maximum atomic E-state index is 10.7. The first kappa shape index (κ1) is 13.0. The second kappa shape index (κ2) is 5.49. The Balaban J connectivity index is 2.57. The van der Waals surface area contributed by atoms with Crippen LogP contribution in [0.1, 0.15) is 6.42 Å². The van der Waals surface area contributed by atoms with E-state index < -0.39 is 4.92 Å². The summed E-state index contributed by atoms with van der Waals surface area (Å²) >= 11 is 8.60. The summed E-state index contributed by atoms with van der Waals surface area (Å²) in [6.07, 6.45) is 0.865. The molecule has 0 spiro atoms. The number of halogens is 1. The molecule has 0 fully saturated rings. The van der Waals surface area contributed by atoms with Gasteiger partial charge in [0.25, 0.3) is 5.69 Å². The Morgan fingerprint density at radius 2 is 2.28 bits per heavy atom. The van der Waals surface area contributed by atoms with Gasteiger partial charge in [-0.05, 0) is 12.5 Å². The molecule has 1 aromatic carbocycles.